The maximum atomic E-state index is 13.4. The lowest BCUT2D eigenvalue weighted by Gasteiger charge is -2.33. The number of rotatable bonds is 4. The van der Waals surface area contributed by atoms with Crippen molar-refractivity contribution < 1.29 is 22.8 Å². The number of piperidine rings is 1. The van der Waals surface area contributed by atoms with E-state index in [2.05, 4.69) is 4.99 Å². The number of alkyl halides is 3. The van der Waals surface area contributed by atoms with Gasteiger partial charge in [-0.25, -0.2) is 0 Å². The Morgan fingerprint density at radius 3 is 2.53 bits per heavy atom. The summed E-state index contributed by atoms with van der Waals surface area (Å²) < 4.78 is 40.2. The Kier molecular flexibility index (Phi) is 6.54. The van der Waals surface area contributed by atoms with Crippen LogP contribution in [-0.2, 0) is 15.8 Å². The summed E-state index contributed by atoms with van der Waals surface area (Å²) in [6, 6.07) is 5.75. The lowest BCUT2D eigenvalue weighted by Crippen LogP contribution is -2.42. The van der Waals surface area contributed by atoms with E-state index in [0.29, 0.717) is 56.6 Å². The van der Waals surface area contributed by atoms with Crippen molar-refractivity contribution in [3.8, 4) is 0 Å². The number of hydrogen-bond donors (Lipinski definition) is 0. The maximum absolute atomic E-state index is 13.4. The molecule has 1 aromatic carbocycles. The van der Waals surface area contributed by atoms with E-state index in [9.17, 15) is 22.8 Å². The third kappa shape index (κ3) is 4.52. The summed E-state index contributed by atoms with van der Waals surface area (Å²) in [5.41, 5.74) is 2.34. The normalized spacial score (nSPS) is 22.4. The highest BCUT2D eigenvalue weighted by molar-refractivity contribution is 6.46. The third-order valence-corrected chi connectivity index (χ3v) is 7.12. The van der Waals surface area contributed by atoms with Crippen molar-refractivity contribution in [1.29, 1.82) is 0 Å². The Bertz CT molecular complexity index is 956. The van der Waals surface area contributed by atoms with Crippen molar-refractivity contribution in [1.82, 2.24) is 4.90 Å². The number of Topliss-reactive ketones (excluding diaryl/α,β-unsaturated/α-hetero) is 1. The Balaban J connectivity index is 1.44. The van der Waals surface area contributed by atoms with E-state index in [0.717, 1.165) is 30.9 Å². The van der Waals surface area contributed by atoms with Crippen LogP contribution in [0.3, 0.4) is 0 Å². The van der Waals surface area contributed by atoms with E-state index in [4.69, 9.17) is 0 Å². The van der Waals surface area contributed by atoms with Gasteiger partial charge in [0.1, 0.15) is 11.5 Å². The summed E-state index contributed by atoms with van der Waals surface area (Å²) in [6.07, 6.45) is 0.365. The molecule has 172 valence electrons. The van der Waals surface area contributed by atoms with Gasteiger partial charge in [-0.05, 0) is 67.2 Å². The fourth-order valence-electron chi connectivity index (χ4n) is 5.33. The first-order valence-electron chi connectivity index (χ1n) is 11.5. The lowest BCUT2D eigenvalue weighted by atomic mass is 9.85. The van der Waals surface area contributed by atoms with E-state index in [-0.39, 0.29) is 23.5 Å². The van der Waals surface area contributed by atoms with Gasteiger partial charge in [-0.15, -0.1) is 0 Å². The van der Waals surface area contributed by atoms with Crippen molar-refractivity contribution in [2.24, 2.45) is 10.9 Å². The number of carbonyl (C=O) groups excluding carboxylic acids is 2. The topological polar surface area (TPSA) is 49.7 Å². The molecule has 3 aliphatic rings. The van der Waals surface area contributed by atoms with Crippen molar-refractivity contribution >= 4 is 17.4 Å². The molecule has 0 N–H and O–H groups in total. The van der Waals surface area contributed by atoms with Gasteiger partial charge < -0.3 is 4.90 Å². The SMILES string of the molecule is CCC(=O)C1CCCC2=C(C1)C(C(=O)N1CCC(c3ccccc3C(F)(F)F)CC1)=NC2. The smallest absolute Gasteiger partial charge is 0.337 e. The summed E-state index contributed by atoms with van der Waals surface area (Å²) in [5, 5.41) is 0. The van der Waals surface area contributed by atoms with Gasteiger partial charge in [-0.3, -0.25) is 14.6 Å². The van der Waals surface area contributed by atoms with Gasteiger partial charge >= 0.3 is 6.18 Å². The molecule has 0 aromatic heterocycles. The van der Waals surface area contributed by atoms with Crippen LogP contribution in [0.5, 0.6) is 0 Å². The molecular weight excluding hydrogens is 417 g/mol. The van der Waals surface area contributed by atoms with Crippen LogP contribution >= 0.6 is 0 Å². The number of amides is 1. The Labute approximate surface area is 186 Å². The van der Waals surface area contributed by atoms with Crippen LogP contribution in [0.15, 0.2) is 40.4 Å². The zero-order valence-electron chi connectivity index (χ0n) is 18.4. The van der Waals surface area contributed by atoms with Gasteiger partial charge in [0.25, 0.3) is 5.91 Å². The third-order valence-electron chi connectivity index (χ3n) is 7.12. The molecule has 1 saturated heterocycles. The molecule has 0 saturated carbocycles. The number of ketones is 1. The van der Waals surface area contributed by atoms with Gasteiger partial charge in [0, 0.05) is 25.4 Å². The van der Waals surface area contributed by atoms with E-state index >= 15 is 0 Å². The highest BCUT2D eigenvalue weighted by Gasteiger charge is 2.38. The first-order chi connectivity index (χ1) is 15.3. The number of benzene rings is 1. The van der Waals surface area contributed by atoms with E-state index in [1.165, 1.54) is 11.6 Å². The molecule has 0 bridgehead atoms. The number of halogens is 3. The van der Waals surface area contributed by atoms with E-state index < -0.39 is 11.7 Å². The predicted octanol–water partition coefficient (Wildman–Crippen LogP) is 5.33. The highest BCUT2D eigenvalue weighted by Crippen LogP contribution is 2.39. The van der Waals surface area contributed by atoms with Crippen LogP contribution in [0.25, 0.3) is 0 Å². The van der Waals surface area contributed by atoms with Crippen molar-refractivity contribution in [2.45, 2.75) is 64.0 Å². The van der Waals surface area contributed by atoms with Gasteiger partial charge in [-0.2, -0.15) is 13.2 Å². The molecule has 4 nitrogen and oxygen atoms in total. The molecule has 2 aliphatic heterocycles. The molecule has 7 heteroatoms. The fourth-order valence-corrected chi connectivity index (χ4v) is 5.33. The second-order valence-electron chi connectivity index (χ2n) is 9.01. The molecule has 0 radical (unpaired) electrons. The van der Waals surface area contributed by atoms with Gasteiger partial charge in [0.2, 0.25) is 0 Å². The standard InChI is InChI=1S/C25H29F3N2O2/c1-2-22(31)17-6-5-7-18-15-29-23(20(18)14-17)24(32)30-12-10-16(11-13-30)19-8-3-4-9-21(19)25(26,27)28/h3-4,8-9,16-17H,2,5-7,10-15H2,1H3. The summed E-state index contributed by atoms with van der Waals surface area (Å²) in [7, 11) is 0. The Morgan fingerprint density at radius 2 is 1.84 bits per heavy atom. The minimum absolute atomic E-state index is 0.0480. The molecule has 1 aliphatic carbocycles. The molecule has 1 fully saturated rings. The fraction of sp³-hybridized carbons (Fsp3) is 0.560. The number of likely N-dealkylation sites (tertiary alicyclic amines) is 1. The summed E-state index contributed by atoms with van der Waals surface area (Å²) in [6.45, 7) is 3.22. The average molecular weight is 447 g/mol. The summed E-state index contributed by atoms with van der Waals surface area (Å²) >= 11 is 0. The number of carbonyl (C=O) groups is 2. The highest BCUT2D eigenvalue weighted by atomic mass is 19.4. The quantitative estimate of drug-likeness (QED) is 0.628. The van der Waals surface area contributed by atoms with Crippen LogP contribution in [0, 0.1) is 5.92 Å². The van der Waals surface area contributed by atoms with Crippen molar-refractivity contribution in [3.63, 3.8) is 0 Å². The maximum Gasteiger partial charge on any atom is 0.416 e. The molecule has 32 heavy (non-hydrogen) atoms. The molecule has 2 heterocycles. The largest absolute Gasteiger partial charge is 0.416 e. The van der Waals surface area contributed by atoms with Crippen molar-refractivity contribution in [2.75, 3.05) is 19.6 Å². The number of hydrogen-bond acceptors (Lipinski definition) is 3. The molecular formula is C25H29F3N2O2. The van der Waals surface area contributed by atoms with Crippen LogP contribution in [0.2, 0.25) is 0 Å². The predicted molar refractivity (Wildman–Crippen MR) is 117 cm³/mol. The summed E-state index contributed by atoms with van der Waals surface area (Å²) in [5.74, 6) is -0.168. The minimum Gasteiger partial charge on any atom is -0.337 e. The van der Waals surface area contributed by atoms with Crippen LogP contribution in [0.4, 0.5) is 13.2 Å². The second-order valence-corrected chi connectivity index (χ2v) is 9.01. The van der Waals surface area contributed by atoms with Gasteiger partial charge in [0.15, 0.2) is 0 Å². The van der Waals surface area contributed by atoms with Gasteiger partial charge in [-0.1, -0.05) is 25.1 Å². The number of nitrogens with zero attached hydrogens (tertiary/aromatic N) is 2. The molecule has 1 aromatic rings. The molecule has 1 unspecified atom stereocenters. The van der Waals surface area contributed by atoms with Crippen LogP contribution in [0.1, 0.15) is 68.9 Å². The van der Waals surface area contributed by atoms with Gasteiger partial charge in [0.05, 0.1) is 12.1 Å². The van der Waals surface area contributed by atoms with Crippen molar-refractivity contribution in [3.05, 3.63) is 46.5 Å². The monoisotopic (exact) mass is 446 g/mol. The zero-order chi connectivity index (χ0) is 22.9. The molecule has 1 atom stereocenters. The summed E-state index contributed by atoms with van der Waals surface area (Å²) in [4.78, 5) is 31.9. The Hall–Kier alpha value is -2.44. The minimum atomic E-state index is -4.38. The van der Waals surface area contributed by atoms with E-state index in [1.807, 2.05) is 6.92 Å². The lowest BCUT2D eigenvalue weighted by molar-refractivity contribution is -0.138. The average Bonchev–Trinajstić information content (AvgIpc) is 3.07. The number of aliphatic imine (C=N–C) groups is 1. The second kappa shape index (κ2) is 9.20. The first kappa shape index (κ1) is 22.7. The Morgan fingerprint density at radius 1 is 1.12 bits per heavy atom. The molecule has 4 rings (SSSR count). The zero-order valence-corrected chi connectivity index (χ0v) is 18.4. The first-order valence-corrected chi connectivity index (χ1v) is 11.5. The molecule has 0 spiro atoms. The van der Waals surface area contributed by atoms with E-state index in [1.54, 1.807) is 17.0 Å². The molecule has 1 amide bonds. The van der Waals surface area contributed by atoms with Crippen LogP contribution in [-0.4, -0.2) is 41.9 Å². The van der Waals surface area contributed by atoms with Crippen LogP contribution < -0.4 is 0 Å².